The van der Waals surface area contributed by atoms with Crippen molar-refractivity contribution < 1.29 is 9.59 Å². The van der Waals surface area contributed by atoms with E-state index in [-0.39, 0.29) is 11.9 Å². The van der Waals surface area contributed by atoms with E-state index in [1.54, 1.807) is 17.8 Å². The van der Waals surface area contributed by atoms with Crippen molar-refractivity contribution in [1.29, 1.82) is 0 Å². The summed E-state index contributed by atoms with van der Waals surface area (Å²) in [6.07, 6.45) is 1.55. The molecule has 1 aliphatic rings. The lowest BCUT2D eigenvalue weighted by Gasteiger charge is -2.22. The summed E-state index contributed by atoms with van der Waals surface area (Å²) in [6, 6.07) is 0.925. The van der Waals surface area contributed by atoms with E-state index >= 15 is 0 Å². The van der Waals surface area contributed by atoms with Crippen LogP contribution in [0.4, 0.5) is 10.6 Å². The Morgan fingerprint density at radius 2 is 2.39 bits per heavy atom. The zero-order chi connectivity index (χ0) is 13.1. The van der Waals surface area contributed by atoms with Gasteiger partial charge in [-0.2, -0.15) is 5.10 Å². The molecule has 0 bridgehead atoms. The smallest absolute Gasteiger partial charge is 0.321 e. The van der Waals surface area contributed by atoms with E-state index < -0.39 is 6.04 Å². The highest BCUT2D eigenvalue weighted by molar-refractivity contribution is 5.93. The Hall–Kier alpha value is -2.05. The molecular weight excluding hydrogens is 234 g/mol. The van der Waals surface area contributed by atoms with Crippen LogP contribution < -0.4 is 16.0 Å². The Labute approximate surface area is 105 Å². The van der Waals surface area contributed by atoms with Gasteiger partial charge in [0.2, 0.25) is 5.91 Å². The number of anilines is 1. The van der Waals surface area contributed by atoms with E-state index in [0.717, 1.165) is 12.1 Å². The summed E-state index contributed by atoms with van der Waals surface area (Å²) in [6.45, 7) is 2.53. The molecule has 7 nitrogen and oxygen atoms in total. The second kappa shape index (κ2) is 5.07. The van der Waals surface area contributed by atoms with Gasteiger partial charge in [0.05, 0.1) is 5.69 Å². The molecule has 2 heterocycles. The fourth-order valence-corrected chi connectivity index (χ4v) is 1.95. The predicted octanol–water partition coefficient (Wildman–Crippen LogP) is 0.129. The summed E-state index contributed by atoms with van der Waals surface area (Å²) in [5.74, 6) is 0.471. The Balaban J connectivity index is 1.92. The van der Waals surface area contributed by atoms with Gasteiger partial charge in [0.15, 0.2) is 0 Å². The second-order valence-electron chi connectivity index (χ2n) is 4.38. The number of nitrogens with one attached hydrogen (secondary N) is 3. The van der Waals surface area contributed by atoms with Crippen molar-refractivity contribution in [3.63, 3.8) is 0 Å². The molecule has 0 unspecified atom stereocenters. The van der Waals surface area contributed by atoms with Crippen LogP contribution >= 0.6 is 0 Å². The van der Waals surface area contributed by atoms with Crippen LogP contribution in [0.25, 0.3) is 0 Å². The number of urea groups is 1. The molecule has 1 saturated heterocycles. The van der Waals surface area contributed by atoms with Gasteiger partial charge in [-0.1, -0.05) is 0 Å². The number of rotatable bonds is 2. The fraction of sp³-hybridized carbons (Fsp3) is 0.545. The molecule has 3 amide bonds. The molecule has 1 aromatic heterocycles. The molecular formula is C11H17N5O2. The third-order valence-electron chi connectivity index (χ3n) is 2.83. The van der Waals surface area contributed by atoms with E-state index in [0.29, 0.717) is 18.8 Å². The average molecular weight is 251 g/mol. The lowest BCUT2D eigenvalue weighted by atomic mass is 10.1. The van der Waals surface area contributed by atoms with Crippen LogP contribution in [0.2, 0.25) is 0 Å². The van der Waals surface area contributed by atoms with Gasteiger partial charge in [-0.05, 0) is 19.8 Å². The molecule has 18 heavy (non-hydrogen) atoms. The molecule has 0 spiro atoms. The first-order chi connectivity index (χ1) is 8.56. The molecule has 98 valence electrons. The largest absolute Gasteiger partial charge is 0.354 e. The quantitative estimate of drug-likeness (QED) is 0.698. The number of aryl methyl sites for hydroxylation is 2. The Morgan fingerprint density at radius 3 is 3.00 bits per heavy atom. The maximum Gasteiger partial charge on any atom is 0.321 e. The van der Waals surface area contributed by atoms with Gasteiger partial charge < -0.3 is 10.6 Å². The standard InChI is InChI=1S/C11H17N5O2/c1-7-6-9(16(2)15-7)14-11(18)13-8-4-3-5-12-10(8)17/h6,8H,3-5H2,1-2H3,(H,12,17)(H2,13,14,18)/t8-/m1/s1. The number of carbonyl (C=O) groups is 2. The van der Waals surface area contributed by atoms with Crippen molar-refractivity contribution in [3.8, 4) is 0 Å². The van der Waals surface area contributed by atoms with Crippen LogP contribution in [-0.4, -0.2) is 34.3 Å². The van der Waals surface area contributed by atoms with Crippen molar-refractivity contribution in [3.05, 3.63) is 11.8 Å². The molecule has 1 atom stereocenters. The van der Waals surface area contributed by atoms with E-state index in [1.165, 1.54) is 0 Å². The molecule has 0 aliphatic carbocycles. The van der Waals surface area contributed by atoms with Crippen LogP contribution in [0.5, 0.6) is 0 Å². The molecule has 0 aromatic carbocycles. The summed E-state index contributed by atoms with van der Waals surface area (Å²) in [7, 11) is 1.75. The summed E-state index contributed by atoms with van der Waals surface area (Å²) < 4.78 is 1.58. The Morgan fingerprint density at radius 1 is 1.61 bits per heavy atom. The fourth-order valence-electron chi connectivity index (χ4n) is 1.95. The number of hydrogen-bond acceptors (Lipinski definition) is 3. The van der Waals surface area contributed by atoms with E-state index in [2.05, 4.69) is 21.0 Å². The number of piperidine rings is 1. The first-order valence-corrected chi connectivity index (χ1v) is 5.92. The van der Waals surface area contributed by atoms with Crippen molar-refractivity contribution in [2.45, 2.75) is 25.8 Å². The van der Waals surface area contributed by atoms with Gasteiger partial charge in [0, 0.05) is 19.7 Å². The van der Waals surface area contributed by atoms with E-state index in [1.807, 2.05) is 6.92 Å². The number of amides is 3. The molecule has 0 radical (unpaired) electrons. The van der Waals surface area contributed by atoms with Crippen LogP contribution in [0.15, 0.2) is 6.07 Å². The number of hydrogen-bond donors (Lipinski definition) is 3. The maximum atomic E-state index is 11.7. The highest BCUT2D eigenvalue weighted by atomic mass is 16.2. The summed E-state index contributed by atoms with van der Waals surface area (Å²) >= 11 is 0. The lowest BCUT2D eigenvalue weighted by Crippen LogP contribution is -2.51. The second-order valence-corrected chi connectivity index (χ2v) is 4.38. The molecule has 1 fully saturated rings. The van der Waals surface area contributed by atoms with Crippen molar-refractivity contribution in [1.82, 2.24) is 20.4 Å². The summed E-state index contributed by atoms with van der Waals surface area (Å²) in [5, 5.41) is 12.2. The average Bonchev–Trinajstić information content (AvgIpc) is 2.61. The zero-order valence-electron chi connectivity index (χ0n) is 10.5. The summed E-state index contributed by atoms with van der Waals surface area (Å²) in [4.78, 5) is 23.2. The van der Waals surface area contributed by atoms with Crippen molar-refractivity contribution >= 4 is 17.8 Å². The molecule has 1 aromatic rings. The van der Waals surface area contributed by atoms with Crippen molar-refractivity contribution in [2.75, 3.05) is 11.9 Å². The minimum atomic E-state index is -0.451. The molecule has 2 rings (SSSR count). The first-order valence-electron chi connectivity index (χ1n) is 5.92. The van der Waals surface area contributed by atoms with Crippen molar-refractivity contribution in [2.24, 2.45) is 7.05 Å². The molecule has 7 heteroatoms. The predicted molar refractivity (Wildman–Crippen MR) is 66.1 cm³/mol. The molecule has 1 aliphatic heterocycles. The van der Waals surface area contributed by atoms with Crippen LogP contribution in [0, 0.1) is 6.92 Å². The molecule has 0 saturated carbocycles. The third-order valence-corrected chi connectivity index (χ3v) is 2.83. The van der Waals surface area contributed by atoms with Crippen LogP contribution in [-0.2, 0) is 11.8 Å². The minimum Gasteiger partial charge on any atom is -0.354 e. The number of nitrogens with zero attached hydrogens (tertiary/aromatic N) is 2. The van der Waals surface area contributed by atoms with Gasteiger partial charge in [-0.25, -0.2) is 4.79 Å². The Bertz CT molecular complexity index is 468. The molecule has 3 N–H and O–H groups in total. The van der Waals surface area contributed by atoms with Gasteiger partial charge >= 0.3 is 6.03 Å². The minimum absolute atomic E-state index is 0.127. The maximum absolute atomic E-state index is 11.7. The van der Waals surface area contributed by atoms with Gasteiger partial charge in [0.25, 0.3) is 0 Å². The van der Waals surface area contributed by atoms with Gasteiger partial charge in [0.1, 0.15) is 11.9 Å². The first kappa shape index (κ1) is 12.4. The highest BCUT2D eigenvalue weighted by Crippen LogP contribution is 2.08. The third kappa shape index (κ3) is 2.79. The lowest BCUT2D eigenvalue weighted by molar-refractivity contribution is -0.124. The zero-order valence-corrected chi connectivity index (χ0v) is 10.5. The van der Waals surface area contributed by atoms with E-state index in [9.17, 15) is 9.59 Å². The van der Waals surface area contributed by atoms with Crippen LogP contribution in [0.1, 0.15) is 18.5 Å². The monoisotopic (exact) mass is 251 g/mol. The van der Waals surface area contributed by atoms with E-state index in [4.69, 9.17) is 0 Å². The topological polar surface area (TPSA) is 88.0 Å². The van der Waals surface area contributed by atoms with Gasteiger partial charge in [-0.3, -0.25) is 14.8 Å². The number of aromatic nitrogens is 2. The highest BCUT2D eigenvalue weighted by Gasteiger charge is 2.23. The normalized spacial score (nSPS) is 19.2. The SMILES string of the molecule is Cc1cc(NC(=O)N[C@@H]2CCCNC2=O)n(C)n1. The summed E-state index contributed by atoms with van der Waals surface area (Å²) in [5.41, 5.74) is 0.822. The Kier molecular flexibility index (Phi) is 3.50. The van der Waals surface area contributed by atoms with Crippen LogP contribution in [0.3, 0.4) is 0 Å². The number of carbonyl (C=O) groups excluding carboxylic acids is 2. The van der Waals surface area contributed by atoms with Gasteiger partial charge in [-0.15, -0.1) is 0 Å².